The van der Waals surface area contributed by atoms with Crippen molar-refractivity contribution in [3.05, 3.63) is 81.9 Å². The second-order valence-electron chi connectivity index (χ2n) is 7.15. The number of amides is 2. The molecule has 3 aromatic rings. The monoisotopic (exact) mass is 424 g/mol. The minimum absolute atomic E-state index is 0.0221. The van der Waals surface area contributed by atoms with E-state index in [2.05, 4.69) is 23.6 Å². The van der Waals surface area contributed by atoms with E-state index in [0.717, 1.165) is 12.0 Å². The van der Waals surface area contributed by atoms with Crippen LogP contribution < -0.4 is 0 Å². The van der Waals surface area contributed by atoms with Gasteiger partial charge in [0.25, 0.3) is 5.91 Å². The zero-order valence-electron chi connectivity index (χ0n) is 16.8. The number of fused-ring (bicyclic) bond motifs is 1. The number of rotatable bonds is 7. The van der Waals surface area contributed by atoms with Gasteiger partial charge in [-0.25, -0.2) is 0 Å². The lowest BCUT2D eigenvalue weighted by atomic mass is 9.93. The Morgan fingerprint density at radius 3 is 2.77 bits per heavy atom. The van der Waals surface area contributed by atoms with Gasteiger partial charge < -0.3 is 19.0 Å². The molecule has 2 aromatic heterocycles. The standard InChI is InChI=1S/C23H24N2O4S/c1-28-14-12-24(23(27)19-8-5-13-29-19)16-21(26)25-11-9-20-18(10-15-30-20)22(25)17-6-3-2-4-7-17/h2-8,10,13,15,22H,9,11-12,14,16H2,1H3. The van der Waals surface area contributed by atoms with E-state index in [0.29, 0.717) is 19.7 Å². The van der Waals surface area contributed by atoms with Crippen LogP contribution in [0.15, 0.2) is 64.6 Å². The molecule has 4 rings (SSSR count). The van der Waals surface area contributed by atoms with E-state index in [-0.39, 0.29) is 30.2 Å². The molecule has 2 amide bonds. The Hall–Kier alpha value is -2.90. The van der Waals surface area contributed by atoms with Gasteiger partial charge in [0.05, 0.1) is 18.9 Å². The first-order valence-electron chi connectivity index (χ1n) is 9.91. The van der Waals surface area contributed by atoms with Gasteiger partial charge in [-0.05, 0) is 41.1 Å². The fraction of sp³-hybridized carbons (Fsp3) is 0.304. The molecule has 1 atom stereocenters. The third-order valence-electron chi connectivity index (χ3n) is 5.31. The molecule has 0 fully saturated rings. The molecule has 0 saturated heterocycles. The van der Waals surface area contributed by atoms with Gasteiger partial charge >= 0.3 is 0 Å². The summed E-state index contributed by atoms with van der Waals surface area (Å²) in [5, 5.41) is 2.08. The maximum absolute atomic E-state index is 13.4. The van der Waals surface area contributed by atoms with Crippen molar-refractivity contribution in [2.45, 2.75) is 12.5 Å². The summed E-state index contributed by atoms with van der Waals surface area (Å²) >= 11 is 1.73. The van der Waals surface area contributed by atoms with Crippen molar-refractivity contribution in [3.8, 4) is 0 Å². The molecule has 156 valence electrons. The highest BCUT2D eigenvalue weighted by Gasteiger charge is 2.34. The molecule has 0 radical (unpaired) electrons. The van der Waals surface area contributed by atoms with Crippen LogP contribution in [0, 0.1) is 0 Å². The summed E-state index contributed by atoms with van der Waals surface area (Å²) in [6.07, 6.45) is 2.28. The molecule has 0 aliphatic carbocycles. The highest BCUT2D eigenvalue weighted by Crippen LogP contribution is 2.37. The molecule has 0 saturated carbocycles. The molecule has 1 unspecified atom stereocenters. The van der Waals surface area contributed by atoms with Crippen LogP contribution >= 0.6 is 11.3 Å². The fourth-order valence-corrected chi connectivity index (χ4v) is 4.75. The minimum atomic E-state index is -0.310. The summed E-state index contributed by atoms with van der Waals surface area (Å²) in [5.41, 5.74) is 2.25. The normalized spacial score (nSPS) is 15.6. The number of hydrogen-bond donors (Lipinski definition) is 0. The molecule has 0 bridgehead atoms. The van der Waals surface area contributed by atoms with Gasteiger partial charge in [-0.3, -0.25) is 9.59 Å². The van der Waals surface area contributed by atoms with Crippen LogP contribution in [-0.2, 0) is 16.0 Å². The SMILES string of the molecule is COCCN(CC(=O)N1CCc2sccc2C1c1ccccc1)C(=O)c1ccco1. The van der Waals surface area contributed by atoms with Crippen LogP contribution in [-0.4, -0.2) is 55.0 Å². The Morgan fingerprint density at radius 2 is 2.03 bits per heavy atom. The fourth-order valence-electron chi connectivity index (χ4n) is 3.84. The lowest BCUT2D eigenvalue weighted by Crippen LogP contribution is -2.47. The van der Waals surface area contributed by atoms with Gasteiger partial charge in [-0.15, -0.1) is 11.3 Å². The Bertz CT molecular complexity index is 984. The van der Waals surface area contributed by atoms with Gasteiger partial charge in [0.2, 0.25) is 5.91 Å². The quantitative estimate of drug-likeness (QED) is 0.581. The summed E-state index contributed by atoms with van der Waals surface area (Å²) < 4.78 is 10.4. The maximum Gasteiger partial charge on any atom is 0.290 e. The summed E-state index contributed by atoms with van der Waals surface area (Å²) in [4.78, 5) is 31.0. The van der Waals surface area contributed by atoms with Crippen LogP contribution in [0.1, 0.15) is 32.6 Å². The molecular formula is C23H24N2O4S. The van der Waals surface area contributed by atoms with Crippen molar-refractivity contribution in [1.82, 2.24) is 9.80 Å². The highest BCUT2D eigenvalue weighted by atomic mass is 32.1. The second kappa shape index (κ2) is 9.28. The predicted octanol–water partition coefficient (Wildman–Crippen LogP) is 3.60. The zero-order chi connectivity index (χ0) is 20.9. The van der Waals surface area contributed by atoms with E-state index in [1.807, 2.05) is 23.1 Å². The lowest BCUT2D eigenvalue weighted by Gasteiger charge is -2.37. The number of benzene rings is 1. The van der Waals surface area contributed by atoms with E-state index in [1.54, 1.807) is 30.6 Å². The zero-order valence-corrected chi connectivity index (χ0v) is 17.6. The van der Waals surface area contributed by atoms with Crippen LogP contribution in [0.25, 0.3) is 0 Å². The number of hydrogen-bond acceptors (Lipinski definition) is 5. The Balaban J connectivity index is 1.59. The molecule has 0 N–H and O–H groups in total. The van der Waals surface area contributed by atoms with E-state index in [4.69, 9.17) is 9.15 Å². The predicted molar refractivity (Wildman–Crippen MR) is 115 cm³/mol. The number of carbonyl (C=O) groups excluding carboxylic acids is 2. The molecule has 1 aromatic carbocycles. The molecule has 7 heteroatoms. The Morgan fingerprint density at radius 1 is 1.20 bits per heavy atom. The van der Waals surface area contributed by atoms with Crippen molar-refractivity contribution in [3.63, 3.8) is 0 Å². The van der Waals surface area contributed by atoms with Crippen LogP contribution in [0.5, 0.6) is 0 Å². The average Bonchev–Trinajstić information content (AvgIpc) is 3.48. The molecular weight excluding hydrogens is 400 g/mol. The van der Waals surface area contributed by atoms with E-state index in [1.165, 1.54) is 21.6 Å². The Kier molecular flexibility index (Phi) is 6.30. The molecule has 1 aliphatic rings. The number of nitrogens with zero attached hydrogens (tertiary/aromatic N) is 2. The third-order valence-corrected chi connectivity index (χ3v) is 6.31. The van der Waals surface area contributed by atoms with Gasteiger partial charge in [0.15, 0.2) is 5.76 Å². The second-order valence-corrected chi connectivity index (χ2v) is 8.15. The Labute approximate surface area is 179 Å². The van der Waals surface area contributed by atoms with E-state index < -0.39 is 0 Å². The first-order chi connectivity index (χ1) is 14.7. The van der Waals surface area contributed by atoms with E-state index >= 15 is 0 Å². The molecule has 0 spiro atoms. The topological polar surface area (TPSA) is 63.0 Å². The summed E-state index contributed by atoms with van der Waals surface area (Å²) in [6.45, 7) is 1.26. The van der Waals surface area contributed by atoms with Gasteiger partial charge in [0.1, 0.15) is 6.54 Å². The smallest absolute Gasteiger partial charge is 0.290 e. The van der Waals surface area contributed by atoms with Gasteiger partial charge in [-0.2, -0.15) is 0 Å². The molecule has 6 nitrogen and oxygen atoms in total. The van der Waals surface area contributed by atoms with Gasteiger partial charge in [0, 0.05) is 25.1 Å². The number of furan rings is 1. The van der Waals surface area contributed by atoms with Crippen molar-refractivity contribution < 1.29 is 18.7 Å². The summed E-state index contributed by atoms with van der Waals surface area (Å²) in [6, 6.07) is 15.3. The lowest BCUT2D eigenvalue weighted by molar-refractivity contribution is -0.134. The number of methoxy groups -OCH3 is 1. The molecule has 30 heavy (non-hydrogen) atoms. The number of thiophene rings is 1. The third kappa shape index (κ3) is 4.17. The van der Waals surface area contributed by atoms with Crippen molar-refractivity contribution >= 4 is 23.2 Å². The van der Waals surface area contributed by atoms with Crippen molar-refractivity contribution in [2.24, 2.45) is 0 Å². The maximum atomic E-state index is 13.4. The first kappa shape index (κ1) is 20.4. The van der Waals surface area contributed by atoms with Gasteiger partial charge in [-0.1, -0.05) is 30.3 Å². The van der Waals surface area contributed by atoms with Crippen LogP contribution in [0.2, 0.25) is 0 Å². The largest absolute Gasteiger partial charge is 0.459 e. The average molecular weight is 425 g/mol. The molecule has 3 heterocycles. The van der Waals surface area contributed by atoms with Crippen molar-refractivity contribution in [1.29, 1.82) is 0 Å². The van der Waals surface area contributed by atoms with Crippen molar-refractivity contribution in [2.75, 3.05) is 33.4 Å². The minimum Gasteiger partial charge on any atom is -0.459 e. The van der Waals surface area contributed by atoms with E-state index in [9.17, 15) is 9.59 Å². The summed E-state index contributed by atoms with van der Waals surface area (Å²) in [7, 11) is 1.57. The number of ether oxygens (including phenoxy) is 1. The summed E-state index contributed by atoms with van der Waals surface area (Å²) in [5.74, 6) is -0.177. The first-order valence-corrected chi connectivity index (χ1v) is 10.8. The highest BCUT2D eigenvalue weighted by molar-refractivity contribution is 7.10. The van der Waals surface area contributed by atoms with Crippen LogP contribution in [0.4, 0.5) is 0 Å². The molecule has 1 aliphatic heterocycles. The number of carbonyl (C=O) groups is 2. The van der Waals surface area contributed by atoms with Crippen LogP contribution in [0.3, 0.4) is 0 Å².